The lowest BCUT2D eigenvalue weighted by atomic mass is 10.0. The zero-order valence-corrected chi connectivity index (χ0v) is 23.6. The van der Waals surface area contributed by atoms with Crippen molar-refractivity contribution in [2.75, 3.05) is 38.1 Å². The van der Waals surface area contributed by atoms with Gasteiger partial charge in [-0.05, 0) is 69.8 Å². The van der Waals surface area contributed by atoms with E-state index in [1.807, 2.05) is 20.9 Å². The molecule has 9 nitrogen and oxygen atoms in total. The molecule has 206 valence electrons. The van der Waals surface area contributed by atoms with Crippen LogP contribution in [0.4, 0.5) is 5.69 Å². The summed E-state index contributed by atoms with van der Waals surface area (Å²) in [6.45, 7) is 7.17. The zero-order chi connectivity index (χ0) is 27.0. The van der Waals surface area contributed by atoms with Crippen molar-refractivity contribution < 1.29 is 27.8 Å². The highest BCUT2D eigenvalue weighted by Crippen LogP contribution is 2.30. The summed E-state index contributed by atoms with van der Waals surface area (Å²) in [6.07, 6.45) is 2.33. The van der Waals surface area contributed by atoms with Gasteiger partial charge in [-0.15, -0.1) is 11.3 Å². The summed E-state index contributed by atoms with van der Waals surface area (Å²) >= 11 is 1.11. The van der Waals surface area contributed by atoms with Gasteiger partial charge in [0.1, 0.15) is 9.96 Å². The van der Waals surface area contributed by atoms with Crippen LogP contribution in [-0.2, 0) is 14.8 Å². The molecule has 1 aromatic carbocycles. The average molecular weight is 554 g/mol. The molecule has 3 N–H and O–H groups in total. The Balaban J connectivity index is 2.01. The minimum atomic E-state index is -3.79. The average Bonchev–Trinajstić information content (AvgIpc) is 3.42. The molecule has 0 radical (unpaired) electrons. The molecule has 0 saturated heterocycles. The maximum absolute atomic E-state index is 14.0. The minimum absolute atomic E-state index is 0.0165. The fraction of sp³-hybridized carbons (Fsp3) is 0.577. The monoisotopic (exact) mass is 553 g/mol. The Hall–Kier alpha value is -2.18. The lowest BCUT2D eigenvalue weighted by molar-refractivity contribution is -0.000450. The summed E-state index contributed by atoms with van der Waals surface area (Å²) in [7, 11) is -1.92. The minimum Gasteiger partial charge on any atom is -0.490 e. The number of sulfonamides is 1. The molecular weight excluding hydrogens is 514 g/mol. The van der Waals surface area contributed by atoms with Crippen molar-refractivity contribution >= 4 is 33.0 Å². The van der Waals surface area contributed by atoms with Gasteiger partial charge in [0.15, 0.2) is 0 Å². The largest absolute Gasteiger partial charge is 0.490 e. The number of thiophene rings is 1. The van der Waals surface area contributed by atoms with E-state index in [1.54, 1.807) is 35.4 Å². The Labute approximate surface area is 224 Å². The Morgan fingerprint density at radius 1 is 1.24 bits per heavy atom. The lowest BCUT2D eigenvalue weighted by Crippen LogP contribution is -2.47. The van der Waals surface area contributed by atoms with E-state index in [0.717, 1.165) is 30.6 Å². The number of nitrogens with zero attached hydrogens (tertiary/aromatic N) is 1. The molecule has 0 unspecified atom stereocenters. The van der Waals surface area contributed by atoms with Gasteiger partial charge in [-0.3, -0.25) is 9.52 Å². The molecule has 1 amide bonds. The van der Waals surface area contributed by atoms with Gasteiger partial charge in [-0.2, -0.15) is 0 Å². The van der Waals surface area contributed by atoms with Crippen LogP contribution < -0.4 is 14.8 Å². The summed E-state index contributed by atoms with van der Waals surface area (Å²) in [5, 5.41) is 14.8. The van der Waals surface area contributed by atoms with E-state index in [2.05, 4.69) is 10.0 Å². The molecule has 4 atom stereocenters. The molecule has 1 aromatic heterocycles. The number of carbonyl (C=O) groups excluding carboxylic acids is 1. The van der Waals surface area contributed by atoms with Crippen molar-refractivity contribution in [1.82, 2.24) is 10.2 Å². The van der Waals surface area contributed by atoms with Crippen LogP contribution in [0.5, 0.6) is 5.75 Å². The van der Waals surface area contributed by atoms with Gasteiger partial charge in [0.25, 0.3) is 15.9 Å². The van der Waals surface area contributed by atoms with Crippen LogP contribution in [0.15, 0.2) is 39.9 Å². The number of anilines is 1. The summed E-state index contributed by atoms with van der Waals surface area (Å²) in [6, 6.07) is 7.49. The van der Waals surface area contributed by atoms with Gasteiger partial charge in [0, 0.05) is 31.3 Å². The van der Waals surface area contributed by atoms with Gasteiger partial charge in [0.05, 0.1) is 30.4 Å². The van der Waals surface area contributed by atoms with Crippen molar-refractivity contribution in [2.24, 2.45) is 5.92 Å². The number of aliphatic hydroxyl groups is 1. The number of hydrogen-bond donors (Lipinski definition) is 3. The van der Waals surface area contributed by atoms with Crippen LogP contribution in [0.2, 0.25) is 0 Å². The maximum atomic E-state index is 14.0. The van der Waals surface area contributed by atoms with E-state index < -0.39 is 16.1 Å². The second-order valence-electron chi connectivity index (χ2n) is 9.61. The predicted molar refractivity (Wildman–Crippen MR) is 146 cm³/mol. The lowest BCUT2D eigenvalue weighted by Gasteiger charge is -2.34. The third-order valence-electron chi connectivity index (χ3n) is 6.47. The second kappa shape index (κ2) is 13.6. The molecule has 11 heteroatoms. The van der Waals surface area contributed by atoms with Crippen LogP contribution in [0.3, 0.4) is 0 Å². The molecule has 0 bridgehead atoms. The second-order valence-corrected chi connectivity index (χ2v) is 12.5. The molecule has 1 aliphatic rings. The molecule has 3 rings (SSSR count). The van der Waals surface area contributed by atoms with Crippen molar-refractivity contribution in [3.05, 3.63) is 41.3 Å². The fourth-order valence-electron chi connectivity index (χ4n) is 4.30. The van der Waals surface area contributed by atoms with Crippen LogP contribution in [0, 0.1) is 5.92 Å². The number of rotatable bonds is 7. The van der Waals surface area contributed by atoms with Crippen LogP contribution in [-0.4, -0.2) is 75.9 Å². The van der Waals surface area contributed by atoms with Gasteiger partial charge < -0.3 is 24.8 Å². The van der Waals surface area contributed by atoms with E-state index in [4.69, 9.17) is 9.47 Å². The first-order chi connectivity index (χ1) is 17.7. The molecular formula is C26H39N3O6S2. The number of fused-ring (bicyclic) bond motifs is 1. The number of carbonyl (C=O) groups is 1. The van der Waals surface area contributed by atoms with Gasteiger partial charge in [-0.1, -0.05) is 13.0 Å². The molecule has 0 aliphatic carbocycles. The van der Waals surface area contributed by atoms with Gasteiger partial charge in [0.2, 0.25) is 0 Å². The Morgan fingerprint density at radius 2 is 2.03 bits per heavy atom. The molecule has 0 fully saturated rings. The van der Waals surface area contributed by atoms with Crippen molar-refractivity contribution in [3.8, 4) is 5.75 Å². The Bertz CT molecular complexity index is 1110. The Morgan fingerprint density at radius 3 is 2.70 bits per heavy atom. The summed E-state index contributed by atoms with van der Waals surface area (Å²) < 4.78 is 40.8. The van der Waals surface area contributed by atoms with Gasteiger partial charge in [-0.25, -0.2) is 8.42 Å². The standard InChI is InChI=1S/C26H39N3O6S2/c1-18-16-29(19(2)17-30)26(31)22-14-21(28-37(32,33)25-9-7-13-36-25)10-11-23(22)35-20(3)8-5-6-12-34-24(18)15-27-4/h7,9-11,13-14,18-20,24,27-28,30H,5-6,8,12,15-17H2,1-4H3/t18-,19+,20+,24-/m0/s1. The quantitative estimate of drug-likeness (QED) is 0.480. The number of likely N-dealkylation sites (N-methyl/N-ethyl adjacent to an activating group) is 1. The SMILES string of the molecule is CNC[C@@H]1OCCCC[C@@H](C)Oc2ccc(NS(=O)(=O)c3cccs3)cc2C(=O)N([C@H](C)CO)C[C@@H]1C. The van der Waals surface area contributed by atoms with E-state index in [9.17, 15) is 18.3 Å². The zero-order valence-electron chi connectivity index (χ0n) is 22.0. The molecule has 1 aliphatic heterocycles. The number of hydrogen-bond acceptors (Lipinski definition) is 8. The number of amides is 1. The normalized spacial score (nSPS) is 23.0. The molecule has 37 heavy (non-hydrogen) atoms. The third-order valence-corrected chi connectivity index (χ3v) is 9.25. The maximum Gasteiger partial charge on any atom is 0.271 e. The molecule has 2 aromatic rings. The van der Waals surface area contributed by atoms with Crippen LogP contribution in [0.1, 0.15) is 50.4 Å². The van der Waals surface area contributed by atoms with E-state index >= 15 is 0 Å². The van der Waals surface area contributed by atoms with Gasteiger partial charge >= 0.3 is 0 Å². The number of ether oxygens (including phenoxy) is 2. The summed E-state index contributed by atoms with van der Waals surface area (Å²) in [4.78, 5) is 15.6. The van der Waals surface area contributed by atoms with Crippen LogP contribution in [0.25, 0.3) is 0 Å². The first kappa shape index (κ1) is 29.4. The van der Waals surface area contributed by atoms with Crippen molar-refractivity contribution in [3.63, 3.8) is 0 Å². The van der Waals surface area contributed by atoms with Crippen LogP contribution >= 0.6 is 11.3 Å². The number of nitrogens with one attached hydrogen (secondary N) is 2. The predicted octanol–water partition coefficient (Wildman–Crippen LogP) is 3.56. The first-order valence-corrected chi connectivity index (χ1v) is 15.1. The smallest absolute Gasteiger partial charge is 0.271 e. The summed E-state index contributed by atoms with van der Waals surface area (Å²) in [5.41, 5.74) is 0.507. The topological polar surface area (TPSA) is 117 Å². The number of aliphatic hydroxyl groups excluding tert-OH is 1. The fourth-order valence-corrected chi connectivity index (χ4v) is 6.34. The van der Waals surface area contributed by atoms with E-state index in [1.165, 1.54) is 12.1 Å². The highest BCUT2D eigenvalue weighted by atomic mass is 32.2. The Kier molecular flexibility index (Phi) is 10.8. The number of benzene rings is 1. The highest BCUT2D eigenvalue weighted by molar-refractivity contribution is 7.94. The molecule has 2 heterocycles. The van der Waals surface area contributed by atoms with E-state index in [-0.39, 0.29) is 46.1 Å². The molecule has 0 spiro atoms. The first-order valence-electron chi connectivity index (χ1n) is 12.7. The molecule has 0 saturated carbocycles. The third kappa shape index (κ3) is 7.90. The van der Waals surface area contributed by atoms with E-state index in [0.29, 0.717) is 25.4 Å². The summed E-state index contributed by atoms with van der Waals surface area (Å²) in [5.74, 6) is 0.0321. The highest BCUT2D eigenvalue weighted by Gasteiger charge is 2.30. The van der Waals surface area contributed by atoms with Crippen molar-refractivity contribution in [2.45, 2.75) is 62.5 Å². The van der Waals surface area contributed by atoms with Crippen molar-refractivity contribution in [1.29, 1.82) is 0 Å².